The highest BCUT2D eigenvalue weighted by molar-refractivity contribution is 8.00. The number of ether oxygens (including phenoxy) is 2. The molecule has 0 bridgehead atoms. The highest BCUT2D eigenvalue weighted by atomic mass is 32.2. The van der Waals surface area contributed by atoms with Crippen LogP contribution in [0.2, 0.25) is 0 Å². The van der Waals surface area contributed by atoms with Gasteiger partial charge in [0.15, 0.2) is 0 Å². The molecular formula is C13H17N7O4S2. The van der Waals surface area contributed by atoms with E-state index >= 15 is 0 Å². The molecule has 2 aromatic rings. The van der Waals surface area contributed by atoms with Crippen LogP contribution in [0.4, 0.5) is 5.95 Å². The van der Waals surface area contributed by atoms with E-state index in [4.69, 9.17) is 21.1 Å². The number of hydrogen-bond acceptors (Lipinski definition) is 10. The first-order chi connectivity index (χ1) is 12.4. The number of methoxy groups -OCH3 is 2. The van der Waals surface area contributed by atoms with Crippen molar-refractivity contribution >= 4 is 33.7 Å². The van der Waals surface area contributed by atoms with Gasteiger partial charge in [0.25, 0.3) is 16.0 Å². The molecule has 2 rings (SSSR count). The minimum absolute atomic E-state index is 0.0163. The lowest BCUT2D eigenvalue weighted by atomic mass is 10.4. The standard InChI is InChI=1S/C13H17N7O4S2/c1-23-12-16-11(17-13(18-12)24-2)20(10(14)19-15)26(21,22)9-7-5-4-6-8(9)25-3/h4-7H,15H2,1-3H3,(H2,14,19). The monoisotopic (exact) mass is 399 g/mol. The zero-order chi connectivity index (χ0) is 19.3. The number of aromatic nitrogens is 3. The maximum atomic E-state index is 13.2. The van der Waals surface area contributed by atoms with Crippen molar-refractivity contribution in [2.75, 3.05) is 24.8 Å². The molecule has 1 heterocycles. The van der Waals surface area contributed by atoms with Gasteiger partial charge in [0.05, 0.1) is 14.2 Å². The van der Waals surface area contributed by atoms with Gasteiger partial charge in [0, 0.05) is 4.90 Å². The van der Waals surface area contributed by atoms with Gasteiger partial charge in [0.2, 0.25) is 5.96 Å². The summed E-state index contributed by atoms with van der Waals surface area (Å²) in [5, 5.41) is 3.28. The summed E-state index contributed by atoms with van der Waals surface area (Å²) in [6.45, 7) is 0. The number of sulfonamides is 1. The van der Waals surface area contributed by atoms with Crippen molar-refractivity contribution in [2.24, 2.45) is 16.7 Å². The Morgan fingerprint density at radius 3 is 2.23 bits per heavy atom. The lowest BCUT2D eigenvalue weighted by Crippen LogP contribution is -2.44. The summed E-state index contributed by atoms with van der Waals surface area (Å²) in [6, 6.07) is 6.03. The Bertz CT molecular complexity index is 898. The zero-order valence-corrected chi connectivity index (χ0v) is 15.8. The number of rotatable bonds is 6. The molecule has 0 fully saturated rings. The normalized spacial score (nSPS) is 11.9. The SMILES string of the molecule is COc1nc(OC)nc(N(C(N)=NN)S(=O)(=O)c2ccccc2SC)n1. The van der Waals surface area contributed by atoms with Crippen LogP contribution in [-0.4, -0.2) is 49.8 Å². The van der Waals surface area contributed by atoms with Crippen molar-refractivity contribution in [3.63, 3.8) is 0 Å². The van der Waals surface area contributed by atoms with Crippen LogP contribution in [-0.2, 0) is 10.0 Å². The van der Waals surface area contributed by atoms with E-state index < -0.39 is 16.0 Å². The van der Waals surface area contributed by atoms with Gasteiger partial charge in [-0.15, -0.1) is 21.8 Å². The third kappa shape index (κ3) is 3.72. The van der Waals surface area contributed by atoms with Crippen molar-refractivity contribution in [1.29, 1.82) is 0 Å². The fourth-order valence-electron chi connectivity index (χ4n) is 1.92. The maximum Gasteiger partial charge on any atom is 0.324 e. The molecule has 140 valence electrons. The molecule has 11 nitrogen and oxygen atoms in total. The zero-order valence-electron chi connectivity index (χ0n) is 14.1. The number of hydrazone groups is 1. The molecule has 0 aliphatic rings. The van der Waals surface area contributed by atoms with Crippen molar-refractivity contribution < 1.29 is 17.9 Å². The van der Waals surface area contributed by atoms with E-state index in [1.807, 2.05) is 0 Å². The third-order valence-corrected chi connectivity index (χ3v) is 5.72. The third-order valence-electron chi connectivity index (χ3n) is 3.06. The summed E-state index contributed by atoms with van der Waals surface area (Å²) < 4.78 is 36.9. The van der Waals surface area contributed by atoms with Crippen LogP contribution in [0.25, 0.3) is 0 Å². The average Bonchev–Trinajstić information content (AvgIpc) is 2.67. The largest absolute Gasteiger partial charge is 0.467 e. The van der Waals surface area contributed by atoms with Gasteiger partial charge in [-0.3, -0.25) is 0 Å². The minimum Gasteiger partial charge on any atom is -0.467 e. The summed E-state index contributed by atoms with van der Waals surface area (Å²) in [5.41, 5.74) is 5.73. The Morgan fingerprint density at radius 2 is 1.73 bits per heavy atom. The molecule has 4 N–H and O–H groups in total. The molecule has 0 aliphatic heterocycles. The second-order valence-corrected chi connectivity index (χ2v) is 7.12. The lowest BCUT2D eigenvalue weighted by Gasteiger charge is -2.22. The van der Waals surface area contributed by atoms with E-state index in [2.05, 4.69) is 20.1 Å². The lowest BCUT2D eigenvalue weighted by molar-refractivity contribution is 0.341. The number of thioether (sulfide) groups is 1. The molecule has 0 radical (unpaired) electrons. The van der Waals surface area contributed by atoms with Crippen LogP contribution in [0.15, 0.2) is 39.2 Å². The molecular weight excluding hydrogens is 382 g/mol. The van der Waals surface area contributed by atoms with Crippen LogP contribution < -0.4 is 25.4 Å². The van der Waals surface area contributed by atoms with Crippen LogP contribution in [0.1, 0.15) is 0 Å². The molecule has 0 amide bonds. The number of guanidine groups is 1. The predicted molar refractivity (Wildman–Crippen MR) is 96.6 cm³/mol. The quantitative estimate of drug-likeness (QED) is 0.222. The Morgan fingerprint density at radius 1 is 1.15 bits per heavy atom. The van der Waals surface area contributed by atoms with E-state index in [0.29, 0.717) is 9.20 Å². The van der Waals surface area contributed by atoms with Gasteiger partial charge in [-0.05, 0) is 18.4 Å². The van der Waals surface area contributed by atoms with E-state index in [1.54, 1.807) is 24.5 Å². The molecule has 13 heteroatoms. The van der Waals surface area contributed by atoms with Gasteiger partial charge < -0.3 is 21.1 Å². The molecule has 0 unspecified atom stereocenters. The molecule has 26 heavy (non-hydrogen) atoms. The smallest absolute Gasteiger partial charge is 0.324 e. The predicted octanol–water partition coefficient (Wildman–Crippen LogP) is -0.00560. The second kappa shape index (κ2) is 8.05. The summed E-state index contributed by atoms with van der Waals surface area (Å²) in [5.74, 6) is 4.29. The Balaban J connectivity index is 2.73. The highest BCUT2D eigenvalue weighted by Gasteiger charge is 2.33. The summed E-state index contributed by atoms with van der Waals surface area (Å²) in [6.07, 6.45) is 1.74. The van der Waals surface area contributed by atoms with Crippen LogP contribution in [0.3, 0.4) is 0 Å². The van der Waals surface area contributed by atoms with Crippen LogP contribution in [0.5, 0.6) is 12.0 Å². The number of anilines is 1. The number of nitrogens with zero attached hydrogens (tertiary/aromatic N) is 5. The van der Waals surface area contributed by atoms with Crippen molar-refractivity contribution in [1.82, 2.24) is 15.0 Å². The molecule has 1 aromatic heterocycles. The van der Waals surface area contributed by atoms with Gasteiger partial charge >= 0.3 is 12.0 Å². The molecule has 0 aliphatic carbocycles. The second-order valence-electron chi connectivity index (χ2n) is 4.52. The fourth-order valence-corrected chi connectivity index (χ4v) is 4.33. The number of benzene rings is 1. The van der Waals surface area contributed by atoms with E-state index in [1.165, 1.54) is 32.0 Å². The molecule has 0 spiro atoms. The van der Waals surface area contributed by atoms with Crippen molar-refractivity contribution in [3.05, 3.63) is 24.3 Å². The first kappa shape index (κ1) is 19.5. The van der Waals surface area contributed by atoms with E-state index in [0.717, 1.165) is 0 Å². The van der Waals surface area contributed by atoms with Gasteiger partial charge in [0.1, 0.15) is 4.90 Å². The summed E-state index contributed by atoms with van der Waals surface area (Å²) in [7, 11) is -1.63. The topological polar surface area (TPSA) is 159 Å². The van der Waals surface area contributed by atoms with Crippen molar-refractivity contribution in [2.45, 2.75) is 9.79 Å². The van der Waals surface area contributed by atoms with Crippen molar-refractivity contribution in [3.8, 4) is 12.0 Å². The van der Waals surface area contributed by atoms with Crippen LogP contribution >= 0.6 is 11.8 Å². The molecule has 0 saturated heterocycles. The van der Waals surface area contributed by atoms with Gasteiger partial charge in [-0.25, -0.2) is 8.42 Å². The average molecular weight is 399 g/mol. The minimum atomic E-state index is -4.25. The molecule has 1 aromatic carbocycles. The van der Waals surface area contributed by atoms with E-state index in [-0.39, 0.29) is 22.9 Å². The first-order valence-electron chi connectivity index (χ1n) is 6.94. The molecule has 0 atom stereocenters. The first-order valence-corrected chi connectivity index (χ1v) is 9.61. The van der Waals surface area contributed by atoms with Crippen LogP contribution in [0, 0.1) is 0 Å². The molecule has 0 saturated carbocycles. The Labute approximate surface area is 154 Å². The Hall–Kier alpha value is -2.80. The summed E-state index contributed by atoms with van der Waals surface area (Å²) >= 11 is 1.25. The maximum absolute atomic E-state index is 13.2. The Kier molecular flexibility index (Phi) is 6.05. The highest BCUT2D eigenvalue weighted by Crippen LogP contribution is 2.29. The number of hydrogen-bond donors (Lipinski definition) is 2. The fraction of sp³-hybridized carbons (Fsp3) is 0.231. The van der Waals surface area contributed by atoms with Gasteiger partial charge in [-0.1, -0.05) is 12.1 Å². The summed E-state index contributed by atoms with van der Waals surface area (Å²) in [4.78, 5) is 12.1. The van der Waals surface area contributed by atoms with Gasteiger partial charge in [-0.2, -0.15) is 14.3 Å². The number of nitrogens with two attached hydrogens (primary N) is 2. The van der Waals surface area contributed by atoms with E-state index in [9.17, 15) is 8.42 Å².